The number of carbonyl (C=O) groups is 2. The standard InChI is InChI=1S/C13H10N2O2S/c14-7-13(3-4-13)12(17)8-1-2-10-9(5-8)15-11(16)6-18-10/h1-2,5H,3-4,6H2,(H,15,16). The first-order chi connectivity index (χ1) is 8.64. The van der Waals surface area contributed by atoms with Crippen molar-refractivity contribution in [3.05, 3.63) is 23.8 Å². The molecule has 1 fully saturated rings. The predicted octanol–water partition coefficient (Wildman–Crippen LogP) is 2.22. The van der Waals surface area contributed by atoms with E-state index in [1.807, 2.05) is 6.07 Å². The van der Waals surface area contributed by atoms with Crippen LogP contribution in [0.3, 0.4) is 0 Å². The fraction of sp³-hybridized carbons (Fsp3) is 0.308. The average Bonchev–Trinajstić information content (AvgIpc) is 3.18. The van der Waals surface area contributed by atoms with Gasteiger partial charge in [0, 0.05) is 10.5 Å². The number of carbonyl (C=O) groups excluding carboxylic acids is 2. The zero-order valence-corrected chi connectivity index (χ0v) is 10.3. The third-order valence-electron chi connectivity index (χ3n) is 3.27. The van der Waals surface area contributed by atoms with Crippen LogP contribution in [0.1, 0.15) is 23.2 Å². The van der Waals surface area contributed by atoms with Gasteiger partial charge in [0.15, 0.2) is 5.78 Å². The molecule has 0 bridgehead atoms. The lowest BCUT2D eigenvalue weighted by atomic mass is 9.96. The summed E-state index contributed by atoms with van der Waals surface area (Å²) in [6.07, 6.45) is 1.28. The fourth-order valence-electron chi connectivity index (χ4n) is 2.02. The molecule has 18 heavy (non-hydrogen) atoms. The molecular formula is C13H10N2O2S. The smallest absolute Gasteiger partial charge is 0.234 e. The first-order valence-electron chi connectivity index (χ1n) is 5.67. The molecule has 1 aliphatic carbocycles. The highest BCUT2D eigenvalue weighted by atomic mass is 32.2. The Morgan fingerprint density at radius 1 is 1.44 bits per heavy atom. The molecule has 2 aliphatic rings. The van der Waals surface area contributed by atoms with Gasteiger partial charge >= 0.3 is 0 Å². The number of hydrogen-bond acceptors (Lipinski definition) is 4. The van der Waals surface area contributed by atoms with Gasteiger partial charge in [0.2, 0.25) is 5.91 Å². The van der Waals surface area contributed by atoms with Gasteiger partial charge in [0.1, 0.15) is 5.41 Å². The van der Waals surface area contributed by atoms with E-state index in [1.54, 1.807) is 12.1 Å². The van der Waals surface area contributed by atoms with E-state index in [-0.39, 0.29) is 11.7 Å². The lowest BCUT2D eigenvalue weighted by molar-refractivity contribution is -0.113. The number of fused-ring (bicyclic) bond motifs is 1. The second-order valence-corrected chi connectivity index (χ2v) is 5.59. The molecule has 0 saturated heterocycles. The van der Waals surface area contributed by atoms with Crippen molar-refractivity contribution in [3.63, 3.8) is 0 Å². The first kappa shape index (κ1) is 11.3. The molecule has 4 nitrogen and oxygen atoms in total. The van der Waals surface area contributed by atoms with E-state index in [9.17, 15) is 9.59 Å². The number of nitrogens with one attached hydrogen (secondary N) is 1. The average molecular weight is 258 g/mol. The van der Waals surface area contributed by atoms with E-state index in [2.05, 4.69) is 11.4 Å². The highest BCUT2D eigenvalue weighted by Crippen LogP contribution is 2.48. The minimum atomic E-state index is -0.806. The number of thioether (sulfide) groups is 1. The Balaban J connectivity index is 1.96. The Morgan fingerprint density at radius 2 is 2.22 bits per heavy atom. The lowest BCUT2D eigenvalue weighted by Crippen LogP contribution is -2.20. The third kappa shape index (κ3) is 1.70. The molecule has 1 saturated carbocycles. The molecule has 0 atom stereocenters. The monoisotopic (exact) mass is 258 g/mol. The zero-order valence-electron chi connectivity index (χ0n) is 9.53. The Morgan fingerprint density at radius 3 is 2.89 bits per heavy atom. The largest absolute Gasteiger partial charge is 0.324 e. The molecular weight excluding hydrogens is 248 g/mol. The van der Waals surface area contributed by atoms with Crippen LogP contribution < -0.4 is 5.32 Å². The van der Waals surface area contributed by atoms with Gasteiger partial charge in [-0.15, -0.1) is 11.8 Å². The van der Waals surface area contributed by atoms with Crippen LogP contribution in [0.2, 0.25) is 0 Å². The van der Waals surface area contributed by atoms with Crippen molar-refractivity contribution in [2.45, 2.75) is 17.7 Å². The number of hydrogen-bond donors (Lipinski definition) is 1. The highest BCUT2D eigenvalue weighted by Gasteiger charge is 2.50. The molecule has 1 aromatic carbocycles. The van der Waals surface area contributed by atoms with E-state index < -0.39 is 5.41 Å². The van der Waals surface area contributed by atoms with E-state index in [0.717, 1.165) is 4.90 Å². The molecule has 1 N–H and O–H groups in total. The first-order valence-corrected chi connectivity index (χ1v) is 6.66. The van der Waals surface area contributed by atoms with Gasteiger partial charge in [-0.3, -0.25) is 9.59 Å². The number of benzene rings is 1. The minimum absolute atomic E-state index is 0.0569. The molecule has 1 aromatic rings. The molecule has 5 heteroatoms. The maximum Gasteiger partial charge on any atom is 0.234 e. The van der Waals surface area contributed by atoms with Crippen molar-refractivity contribution >= 4 is 29.1 Å². The van der Waals surface area contributed by atoms with E-state index in [4.69, 9.17) is 5.26 Å². The van der Waals surface area contributed by atoms with Crippen molar-refractivity contribution < 1.29 is 9.59 Å². The van der Waals surface area contributed by atoms with Crippen LogP contribution in [0.4, 0.5) is 5.69 Å². The van der Waals surface area contributed by atoms with Gasteiger partial charge < -0.3 is 5.32 Å². The Labute approximate surface area is 108 Å². The second-order valence-electron chi connectivity index (χ2n) is 4.57. The van der Waals surface area contributed by atoms with Crippen LogP contribution in [0.5, 0.6) is 0 Å². The molecule has 1 amide bonds. The summed E-state index contributed by atoms with van der Waals surface area (Å²) in [4.78, 5) is 24.5. The van der Waals surface area contributed by atoms with Crippen LogP contribution >= 0.6 is 11.8 Å². The zero-order chi connectivity index (χ0) is 12.8. The van der Waals surface area contributed by atoms with Gasteiger partial charge in [0.25, 0.3) is 0 Å². The van der Waals surface area contributed by atoms with E-state index >= 15 is 0 Å². The summed E-state index contributed by atoms with van der Waals surface area (Å²) in [6.45, 7) is 0. The number of Topliss-reactive ketones (excluding diaryl/α,β-unsaturated/α-hetero) is 1. The Kier molecular flexibility index (Phi) is 2.42. The number of amides is 1. The van der Waals surface area contributed by atoms with Crippen molar-refractivity contribution in [2.75, 3.05) is 11.1 Å². The number of rotatable bonds is 2. The van der Waals surface area contributed by atoms with Crippen LogP contribution in [0.15, 0.2) is 23.1 Å². The van der Waals surface area contributed by atoms with Crippen LogP contribution in [0.25, 0.3) is 0 Å². The molecule has 1 aliphatic heterocycles. The summed E-state index contributed by atoms with van der Waals surface area (Å²) in [5.74, 6) is 0.221. The summed E-state index contributed by atoms with van der Waals surface area (Å²) in [5.41, 5.74) is 0.381. The quantitative estimate of drug-likeness (QED) is 0.826. The maximum absolute atomic E-state index is 12.2. The second kappa shape index (κ2) is 3.85. The van der Waals surface area contributed by atoms with Crippen molar-refractivity contribution in [1.29, 1.82) is 5.26 Å². The van der Waals surface area contributed by atoms with E-state index in [1.165, 1.54) is 11.8 Å². The van der Waals surface area contributed by atoms with Gasteiger partial charge in [0.05, 0.1) is 17.5 Å². The topological polar surface area (TPSA) is 70.0 Å². The Hall–Kier alpha value is -1.80. The molecule has 0 unspecified atom stereocenters. The molecule has 0 aromatic heterocycles. The highest BCUT2D eigenvalue weighted by molar-refractivity contribution is 8.00. The maximum atomic E-state index is 12.2. The normalized spacial score (nSPS) is 19.4. The summed E-state index contributed by atoms with van der Waals surface area (Å²) < 4.78 is 0. The van der Waals surface area contributed by atoms with Crippen molar-refractivity contribution in [2.24, 2.45) is 5.41 Å². The number of nitriles is 1. The van der Waals surface area contributed by atoms with Crippen LogP contribution in [-0.2, 0) is 4.79 Å². The molecule has 0 spiro atoms. The van der Waals surface area contributed by atoms with Gasteiger partial charge in [-0.2, -0.15) is 5.26 Å². The SMILES string of the molecule is N#CC1(C(=O)c2ccc3c(c2)NC(=O)CS3)CC1. The van der Waals surface area contributed by atoms with Gasteiger partial charge in [-0.1, -0.05) is 6.07 Å². The number of ketones is 1. The number of nitrogens with zero attached hydrogens (tertiary/aromatic N) is 1. The molecule has 1 heterocycles. The van der Waals surface area contributed by atoms with Crippen LogP contribution in [-0.4, -0.2) is 17.4 Å². The third-order valence-corrected chi connectivity index (χ3v) is 4.35. The van der Waals surface area contributed by atoms with Crippen molar-refractivity contribution in [1.82, 2.24) is 0 Å². The minimum Gasteiger partial charge on any atom is -0.324 e. The van der Waals surface area contributed by atoms with Crippen LogP contribution in [0, 0.1) is 16.7 Å². The fourth-order valence-corrected chi connectivity index (χ4v) is 2.80. The predicted molar refractivity (Wildman–Crippen MR) is 67.4 cm³/mol. The Bertz CT molecular complexity index is 599. The lowest BCUT2D eigenvalue weighted by Gasteiger charge is -2.17. The molecule has 90 valence electrons. The molecule has 3 rings (SSSR count). The number of anilines is 1. The van der Waals surface area contributed by atoms with E-state index in [0.29, 0.717) is 29.8 Å². The van der Waals surface area contributed by atoms with Gasteiger partial charge in [-0.05, 0) is 25.0 Å². The van der Waals surface area contributed by atoms with Crippen molar-refractivity contribution in [3.8, 4) is 6.07 Å². The summed E-state index contributed by atoms with van der Waals surface area (Å²) in [7, 11) is 0. The summed E-state index contributed by atoms with van der Waals surface area (Å²) >= 11 is 1.46. The summed E-state index contributed by atoms with van der Waals surface area (Å²) in [5, 5.41) is 11.8. The summed E-state index contributed by atoms with van der Waals surface area (Å²) in [6, 6.07) is 7.35. The van der Waals surface area contributed by atoms with Gasteiger partial charge in [-0.25, -0.2) is 0 Å². The molecule has 0 radical (unpaired) electrons.